The summed E-state index contributed by atoms with van der Waals surface area (Å²) in [7, 11) is 0. The fraction of sp³-hybridized carbons (Fsp3) is 0.892. The number of ether oxygens (including phenoxy) is 1. The van der Waals surface area contributed by atoms with Crippen LogP contribution in [0.25, 0.3) is 0 Å². The molecule has 1 amide bonds. The van der Waals surface area contributed by atoms with Gasteiger partial charge in [-0.3, -0.25) is 9.59 Å². The summed E-state index contributed by atoms with van der Waals surface area (Å²) in [5.41, 5.74) is 0. The van der Waals surface area contributed by atoms with Crippen LogP contribution in [0.5, 0.6) is 0 Å². The van der Waals surface area contributed by atoms with E-state index in [9.17, 15) is 19.8 Å². The minimum absolute atomic E-state index is 0.00577. The maximum Gasteiger partial charge on any atom is 0.305 e. The smallest absolute Gasteiger partial charge is 0.305 e. The lowest BCUT2D eigenvalue weighted by atomic mass is 10.0. The quantitative estimate of drug-likeness (QED) is 0.0320. The summed E-state index contributed by atoms with van der Waals surface area (Å²) in [5, 5.41) is 23.3. The van der Waals surface area contributed by atoms with E-state index in [4.69, 9.17) is 4.74 Å². The Morgan fingerprint density at radius 1 is 0.338 bits per heavy atom. The molecule has 0 aromatic carbocycles. The molecule has 80 heavy (non-hydrogen) atoms. The molecule has 6 nitrogen and oxygen atoms in total. The largest absolute Gasteiger partial charge is 0.466 e. The number of hydrogen-bond acceptors (Lipinski definition) is 5. The second-order valence-corrected chi connectivity index (χ2v) is 24.9. The first-order chi connectivity index (χ1) is 39.5. The Labute approximate surface area is 500 Å². The third-order valence-electron chi connectivity index (χ3n) is 16.9. The second-order valence-electron chi connectivity index (χ2n) is 24.9. The Morgan fingerprint density at radius 2 is 0.588 bits per heavy atom. The zero-order valence-electron chi connectivity index (χ0n) is 54.1. The standard InChI is InChI=1S/C74H141NO5/c1-3-5-7-9-11-13-15-17-18-19-20-21-28-31-34-37-40-43-46-50-54-58-62-66-72(77)71(70-76)75-73(78)67-63-59-55-51-47-44-41-38-35-32-29-26-24-22-23-25-27-30-33-36-39-42-45-49-53-57-61-65-69-80-74(79)68-64-60-56-52-48-16-14-12-10-8-6-4-2/h12,14,22-23,62,66,71-72,76-77H,3-11,13,15-21,24-61,63-65,67-70H2,1-2H3,(H,75,78)/b14-12-,23-22-,66-62+. The average molecular weight is 1120 g/mol. The van der Waals surface area contributed by atoms with E-state index in [0.717, 1.165) is 44.9 Å². The van der Waals surface area contributed by atoms with Crippen LogP contribution < -0.4 is 5.32 Å². The molecule has 0 rings (SSSR count). The highest BCUT2D eigenvalue weighted by Crippen LogP contribution is 2.19. The van der Waals surface area contributed by atoms with E-state index in [1.165, 1.54) is 327 Å². The van der Waals surface area contributed by atoms with Crippen molar-refractivity contribution in [2.24, 2.45) is 0 Å². The van der Waals surface area contributed by atoms with Gasteiger partial charge in [-0.25, -0.2) is 0 Å². The van der Waals surface area contributed by atoms with Gasteiger partial charge in [0.25, 0.3) is 0 Å². The van der Waals surface area contributed by atoms with Crippen molar-refractivity contribution < 1.29 is 24.5 Å². The molecule has 0 radical (unpaired) electrons. The fourth-order valence-electron chi connectivity index (χ4n) is 11.3. The van der Waals surface area contributed by atoms with Gasteiger partial charge in [0, 0.05) is 12.8 Å². The molecule has 472 valence electrons. The summed E-state index contributed by atoms with van der Waals surface area (Å²) in [6, 6.07) is -0.629. The first-order valence-corrected chi connectivity index (χ1v) is 36.3. The van der Waals surface area contributed by atoms with Crippen molar-refractivity contribution in [1.29, 1.82) is 0 Å². The molecule has 0 aromatic rings. The number of allylic oxidation sites excluding steroid dienone is 5. The monoisotopic (exact) mass is 1120 g/mol. The van der Waals surface area contributed by atoms with Gasteiger partial charge in [0.1, 0.15) is 0 Å². The predicted octanol–water partition coefficient (Wildman–Crippen LogP) is 23.5. The number of rotatable bonds is 68. The van der Waals surface area contributed by atoms with Crippen LogP contribution in [0.4, 0.5) is 0 Å². The van der Waals surface area contributed by atoms with Crippen LogP contribution in [0.15, 0.2) is 36.5 Å². The van der Waals surface area contributed by atoms with Gasteiger partial charge in [-0.15, -0.1) is 0 Å². The molecule has 2 atom stereocenters. The Hall–Kier alpha value is -1.92. The maximum atomic E-state index is 12.5. The van der Waals surface area contributed by atoms with E-state index >= 15 is 0 Å². The summed E-state index contributed by atoms with van der Waals surface area (Å²) in [6.07, 6.45) is 89.5. The number of unbranched alkanes of at least 4 members (excludes halogenated alkanes) is 53. The Kier molecular flexibility index (Phi) is 67.9. The van der Waals surface area contributed by atoms with Crippen LogP contribution in [0.2, 0.25) is 0 Å². The molecule has 0 fully saturated rings. The lowest BCUT2D eigenvalue weighted by Crippen LogP contribution is -2.45. The van der Waals surface area contributed by atoms with E-state index in [2.05, 4.69) is 43.5 Å². The van der Waals surface area contributed by atoms with Gasteiger partial charge in [0.05, 0.1) is 25.4 Å². The molecule has 3 N–H and O–H groups in total. The first-order valence-electron chi connectivity index (χ1n) is 36.3. The van der Waals surface area contributed by atoms with Gasteiger partial charge in [-0.2, -0.15) is 0 Å². The first kappa shape index (κ1) is 78.1. The van der Waals surface area contributed by atoms with Crippen molar-refractivity contribution in [3.8, 4) is 0 Å². The van der Waals surface area contributed by atoms with Crippen molar-refractivity contribution in [3.63, 3.8) is 0 Å². The highest BCUT2D eigenvalue weighted by Gasteiger charge is 2.18. The lowest BCUT2D eigenvalue weighted by Gasteiger charge is -2.20. The van der Waals surface area contributed by atoms with Crippen molar-refractivity contribution >= 4 is 11.9 Å². The molecule has 0 aliphatic carbocycles. The summed E-state index contributed by atoms with van der Waals surface area (Å²) in [6.45, 7) is 4.91. The molecule has 0 saturated heterocycles. The van der Waals surface area contributed by atoms with Crippen molar-refractivity contribution in [1.82, 2.24) is 5.32 Å². The molecule has 0 bridgehead atoms. The van der Waals surface area contributed by atoms with Gasteiger partial charge < -0.3 is 20.3 Å². The summed E-state index contributed by atoms with van der Waals surface area (Å²) in [4.78, 5) is 24.6. The molecule has 2 unspecified atom stereocenters. The third kappa shape index (κ3) is 65.2. The van der Waals surface area contributed by atoms with E-state index in [-0.39, 0.29) is 18.5 Å². The molecule has 0 aliphatic heterocycles. The topological polar surface area (TPSA) is 95.9 Å². The van der Waals surface area contributed by atoms with E-state index < -0.39 is 12.1 Å². The minimum Gasteiger partial charge on any atom is -0.466 e. The van der Waals surface area contributed by atoms with Crippen LogP contribution in [0.3, 0.4) is 0 Å². The normalized spacial score (nSPS) is 12.7. The Balaban J connectivity index is 3.41. The fourth-order valence-corrected chi connectivity index (χ4v) is 11.3. The molecule has 0 saturated carbocycles. The number of carbonyl (C=O) groups is 2. The maximum absolute atomic E-state index is 12.5. The number of esters is 1. The molecule has 0 aromatic heterocycles. The van der Waals surface area contributed by atoms with E-state index in [0.29, 0.717) is 19.4 Å². The highest BCUT2D eigenvalue weighted by molar-refractivity contribution is 5.76. The Bertz CT molecular complexity index is 1300. The van der Waals surface area contributed by atoms with Crippen LogP contribution in [0, 0.1) is 0 Å². The number of aliphatic hydroxyl groups is 2. The molecule has 0 aliphatic rings. The Morgan fingerprint density at radius 3 is 0.912 bits per heavy atom. The van der Waals surface area contributed by atoms with Crippen LogP contribution in [-0.4, -0.2) is 47.4 Å². The zero-order chi connectivity index (χ0) is 57.8. The number of amides is 1. The van der Waals surface area contributed by atoms with Crippen LogP contribution in [0.1, 0.15) is 399 Å². The molecular weight excluding hydrogens is 983 g/mol. The number of carbonyl (C=O) groups excluding carboxylic acids is 2. The molecule has 0 heterocycles. The lowest BCUT2D eigenvalue weighted by molar-refractivity contribution is -0.143. The second kappa shape index (κ2) is 69.6. The van der Waals surface area contributed by atoms with Gasteiger partial charge in [-0.1, -0.05) is 339 Å². The summed E-state index contributed by atoms with van der Waals surface area (Å²) in [5.74, 6) is -0.0581. The molecule has 0 spiro atoms. The van der Waals surface area contributed by atoms with Crippen LogP contribution >= 0.6 is 0 Å². The minimum atomic E-state index is -0.846. The van der Waals surface area contributed by atoms with E-state index in [1.807, 2.05) is 6.08 Å². The molecule has 6 heteroatoms. The number of nitrogens with one attached hydrogen (secondary N) is 1. The number of hydrogen-bond donors (Lipinski definition) is 3. The predicted molar refractivity (Wildman–Crippen MR) is 352 cm³/mol. The highest BCUT2D eigenvalue weighted by atomic mass is 16.5. The summed E-state index contributed by atoms with van der Waals surface area (Å²) >= 11 is 0. The summed E-state index contributed by atoms with van der Waals surface area (Å²) < 4.78 is 5.47. The zero-order valence-corrected chi connectivity index (χ0v) is 54.1. The van der Waals surface area contributed by atoms with Gasteiger partial charge >= 0.3 is 5.97 Å². The van der Waals surface area contributed by atoms with Gasteiger partial charge in [-0.05, 0) is 83.5 Å². The third-order valence-corrected chi connectivity index (χ3v) is 16.9. The number of aliphatic hydroxyl groups excluding tert-OH is 2. The average Bonchev–Trinajstić information content (AvgIpc) is 3.46. The van der Waals surface area contributed by atoms with Gasteiger partial charge in [0.2, 0.25) is 5.91 Å². The van der Waals surface area contributed by atoms with Crippen molar-refractivity contribution in [2.75, 3.05) is 13.2 Å². The van der Waals surface area contributed by atoms with Crippen molar-refractivity contribution in [2.45, 2.75) is 411 Å². The SMILES string of the molecule is CCCCC/C=C\CCCCCCCC(=O)OCCCCCCCCCCCCCC/C=C\CCCCCCCCCCCCCCC(=O)NC(CO)C(O)/C=C/CCCCCCCCCCCCCCCCCCCCCCC. The van der Waals surface area contributed by atoms with Gasteiger partial charge in [0.15, 0.2) is 0 Å². The van der Waals surface area contributed by atoms with Crippen LogP contribution in [-0.2, 0) is 14.3 Å². The van der Waals surface area contributed by atoms with E-state index in [1.54, 1.807) is 6.08 Å². The molecular formula is C74H141NO5. The van der Waals surface area contributed by atoms with Crippen molar-refractivity contribution in [3.05, 3.63) is 36.5 Å².